The molecule has 10 nitrogen and oxygen atoms in total. The van der Waals surface area contributed by atoms with Gasteiger partial charge in [0.15, 0.2) is 0 Å². The van der Waals surface area contributed by atoms with E-state index in [9.17, 15) is 14.4 Å². The van der Waals surface area contributed by atoms with E-state index in [-0.39, 0.29) is 35.5 Å². The normalized spacial score (nSPS) is 35.9. The molecule has 0 aliphatic carbocycles. The molecule has 6 unspecified atom stereocenters. The van der Waals surface area contributed by atoms with Crippen LogP contribution >= 0.6 is 23.5 Å². The lowest BCUT2D eigenvalue weighted by Gasteiger charge is -2.42. The Morgan fingerprint density at radius 1 is 1.19 bits per heavy atom. The van der Waals surface area contributed by atoms with Gasteiger partial charge in [0, 0.05) is 24.4 Å². The molecule has 4 N–H and O–H groups in total. The van der Waals surface area contributed by atoms with Crippen molar-refractivity contribution in [2.75, 3.05) is 45.2 Å². The summed E-state index contributed by atoms with van der Waals surface area (Å²) in [6.45, 7) is 6.07. The molecule has 0 aromatic carbocycles. The second-order valence-corrected chi connectivity index (χ2v) is 10.6. The van der Waals surface area contributed by atoms with E-state index in [0.717, 1.165) is 45.0 Å². The highest BCUT2D eigenvalue weighted by Crippen LogP contribution is 2.36. The Hall–Kier alpha value is -1.05. The number of alkyl carbamates (subject to hydrolysis) is 1. The van der Waals surface area contributed by atoms with Gasteiger partial charge in [0.05, 0.1) is 37.3 Å². The van der Waals surface area contributed by atoms with Gasteiger partial charge in [-0.25, -0.2) is 4.79 Å². The average Bonchev–Trinajstić information content (AvgIpc) is 3.41. The zero-order valence-electron chi connectivity index (χ0n) is 17.6. The van der Waals surface area contributed by atoms with Crippen LogP contribution in [0.2, 0.25) is 0 Å². The van der Waals surface area contributed by atoms with Gasteiger partial charge < -0.3 is 20.1 Å². The fraction of sp³-hybridized carbons (Fsp3) is 0.842. The third-order valence-corrected chi connectivity index (χ3v) is 8.85. The van der Waals surface area contributed by atoms with Crippen molar-refractivity contribution in [2.24, 2.45) is 5.92 Å². The number of hydrogen-bond donors (Lipinski definition) is 4. The molecule has 0 aromatic heterocycles. The lowest BCUT2D eigenvalue weighted by Crippen LogP contribution is -2.64. The molecule has 0 saturated carbocycles. The van der Waals surface area contributed by atoms with Crippen LogP contribution in [-0.4, -0.2) is 96.2 Å². The zero-order chi connectivity index (χ0) is 21.8. The Balaban J connectivity index is 1.32. The van der Waals surface area contributed by atoms with Crippen molar-refractivity contribution >= 4 is 41.4 Å². The topological polar surface area (TPSA) is 121 Å². The van der Waals surface area contributed by atoms with Crippen LogP contribution in [0, 0.1) is 5.92 Å². The maximum Gasteiger partial charge on any atom is 0.413 e. The lowest BCUT2D eigenvalue weighted by molar-refractivity contribution is -0.125. The van der Waals surface area contributed by atoms with E-state index in [1.165, 1.54) is 11.8 Å². The van der Waals surface area contributed by atoms with Crippen molar-refractivity contribution in [3.8, 4) is 0 Å². The quantitative estimate of drug-likeness (QED) is 0.416. The summed E-state index contributed by atoms with van der Waals surface area (Å²) in [6, 6.07) is 0.187. The molecule has 0 aromatic rings. The molecule has 4 aliphatic heterocycles. The molecule has 3 amide bonds. The molecule has 12 heteroatoms. The summed E-state index contributed by atoms with van der Waals surface area (Å²) in [5.74, 6) is -0.194. The van der Waals surface area contributed by atoms with Crippen LogP contribution in [0.25, 0.3) is 0 Å². The minimum atomic E-state index is -0.742. The van der Waals surface area contributed by atoms with E-state index in [0.29, 0.717) is 11.7 Å². The number of morpholine rings is 1. The van der Waals surface area contributed by atoms with E-state index in [1.807, 2.05) is 0 Å². The third-order valence-electron chi connectivity index (χ3n) is 6.07. The first kappa shape index (κ1) is 23.1. The van der Waals surface area contributed by atoms with E-state index < -0.39 is 17.9 Å². The van der Waals surface area contributed by atoms with E-state index in [2.05, 4.69) is 26.2 Å². The number of carbonyl (C=O) groups excluding carboxylic acids is 3. The number of carbonyl (C=O) groups is 3. The van der Waals surface area contributed by atoms with Crippen LogP contribution in [0.1, 0.15) is 19.8 Å². The fourth-order valence-electron chi connectivity index (χ4n) is 4.55. The maximum atomic E-state index is 13.0. The van der Waals surface area contributed by atoms with Crippen LogP contribution in [0.4, 0.5) is 4.79 Å². The van der Waals surface area contributed by atoms with E-state index >= 15 is 0 Å². The second kappa shape index (κ2) is 10.7. The number of fused-ring (bicyclic) bond motifs is 1. The SMILES string of the molecule is CCOC(=O)NC(=O)C1CCSC1NC(=O)C1NC2C(CCNC2N2CCOCC2)S1. The Kier molecular flexibility index (Phi) is 7.99. The maximum absolute atomic E-state index is 13.0. The number of hydrogen-bond acceptors (Lipinski definition) is 10. The number of nitrogens with one attached hydrogen (secondary N) is 4. The first-order chi connectivity index (χ1) is 15.1. The summed E-state index contributed by atoms with van der Waals surface area (Å²) in [5.41, 5.74) is 0. The predicted octanol–water partition coefficient (Wildman–Crippen LogP) is -0.494. The minimum Gasteiger partial charge on any atom is -0.450 e. The Labute approximate surface area is 190 Å². The molecule has 4 saturated heterocycles. The van der Waals surface area contributed by atoms with Crippen LogP contribution in [-0.2, 0) is 19.1 Å². The van der Waals surface area contributed by atoms with Gasteiger partial charge in [-0.2, -0.15) is 0 Å². The van der Waals surface area contributed by atoms with Gasteiger partial charge in [0.2, 0.25) is 11.8 Å². The summed E-state index contributed by atoms with van der Waals surface area (Å²) in [5, 5.41) is 12.1. The van der Waals surface area contributed by atoms with Crippen molar-refractivity contribution < 1.29 is 23.9 Å². The molecular formula is C19H31N5O5S2. The smallest absolute Gasteiger partial charge is 0.413 e. The van der Waals surface area contributed by atoms with Crippen molar-refractivity contribution in [1.29, 1.82) is 0 Å². The third kappa shape index (κ3) is 5.48. The van der Waals surface area contributed by atoms with Crippen molar-refractivity contribution in [2.45, 2.75) is 48.0 Å². The predicted molar refractivity (Wildman–Crippen MR) is 119 cm³/mol. The monoisotopic (exact) mass is 473 g/mol. The Bertz CT molecular complexity index is 680. The lowest BCUT2D eigenvalue weighted by atomic mass is 10.0. The molecule has 4 rings (SSSR count). The van der Waals surface area contributed by atoms with E-state index in [1.54, 1.807) is 18.7 Å². The molecule has 174 valence electrons. The average molecular weight is 474 g/mol. The van der Waals surface area contributed by atoms with Crippen molar-refractivity contribution in [3.05, 3.63) is 0 Å². The van der Waals surface area contributed by atoms with Gasteiger partial charge in [0.25, 0.3) is 0 Å². The van der Waals surface area contributed by atoms with Gasteiger partial charge in [-0.1, -0.05) is 0 Å². The molecule has 4 aliphatic rings. The summed E-state index contributed by atoms with van der Waals surface area (Å²) in [7, 11) is 0. The number of amides is 3. The zero-order valence-corrected chi connectivity index (χ0v) is 19.3. The first-order valence-corrected chi connectivity index (χ1v) is 12.9. The molecule has 6 atom stereocenters. The summed E-state index contributed by atoms with van der Waals surface area (Å²) < 4.78 is 10.3. The Morgan fingerprint density at radius 2 is 2.00 bits per heavy atom. The molecule has 4 fully saturated rings. The molecular weight excluding hydrogens is 442 g/mol. The summed E-state index contributed by atoms with van der Waals surface area (Å²) >= 11 is 3.21. The summed E-state index contributed by atoms with van der Waals surface area (Å²) in [6.07, 6.45) is 1.07. The standard InChI is InChI=1S/C19H31N5O5S2/c1-2-29-19(27)23-15(25)11-4-10-30-17(11)22-16(26)18-21-13-12(31-18)3-5-20-14(13)24-6-8-28-9-7-24/h11-14,17-18,20-21H,2-10H2,1H3,(H,22,26)(H,23,25,27). The number of ether oxygens (including phenoxy) is 2. The molecule has 0 bridgehead atoms. The summed E-state index contributed by atoms with van der Waals surface area (Å²) in [4.78, 5) is 39.5. The van der Waals surface area contributed by atoms with Crippen LogP contribution < -0.4 is 21.3 Å². The van der Waals surface area contributed by atoms with E-state index in [4.69, 9.17) is 9.47 Å². The largest absolute Gasteiger partial charge is 0.450 e. The highest BCUT2D eigenvalue weighted by Gasteiger charge is 2.46. The Morgan fingerprint density at radius 3 is 2.77 bits per heavy atom. The van der Waals surface area contributed by atoms with Gasteiger partial charge in [-0.3, -0.25) is 25.1 Å². The minimum absolute atomic E-state index is 0.103. The van der Waals surface area contributed by atoms with Crippen molar-refractivity contribution in [1.82, 2.24) is 26.2 Å². The number of imide groups is 1. The molecule has 0 spiro atoms. The van der Waals surface area contributed by atoms with Crippen LogP contribution in [0.5, 0.6) is 0 Å². The molecule has 4 heterocycles. The number of thioether (sulfide) groups is 2. The fourth-order valence-corrected chi connectivity index (χ4v) is 7.31. The number of piperidine rings is 1. The number of nitrogens with zero attached hydrogens (tertiary/aromatic N) is 1. The first-order valence-electron chi connectivity index (χ1n) is 10.9. The molecule has 0 radical (unpaired) electrons. The van der Waals surface area contributed by atoms with Gasteiger partial charge >= 0.3 is 6.09 Å². The molecule has 31 heavy (non-hydrogen) atoms. The van der Waals surface area contributed by atoms with Crippen LogP contribution in [0.15, 0.2) is 0 Å². The van der Waals surface area contributed by atoms with Gasteiger partial charge in [0.1, 0.15) is 5.37 Å². The second-order valence-electron chi connectivity index (χ2n) is 7.99. The van der Waals surface area contributed by atoms with Crippen LogP contribution in [0.3, 0.4) is 0 Å². The number of rotatable bonds is 5. The highest BCUT2D eigenvalue weighted by molar-refractivity contribution is 8.01. The van der Waals surface area contributed by atoms with Gasteiger partial charge in [-0.05, 0) is 32.1 Å². The highest BCUT2D eigenvalue weighted by atomic mass is 32.2. The van der Waals surface area contributed by atoms with Gasteiger partial charge in [-0.15, -0.1) is 23.5 Å². The van der Waals surface area contributed by atoms with Crippen molar-refractivity contribution in [3.63, 3.8) is 0 Å².